The Bertz CT molecular complexity index is 1180. The third-order valence-corrected chi connectivity index (χ3v) is 6.75. The van der Waals surface area contributed by atoms with Gasteiger partial charge in [-0.3, -0.25) is 9.59 Å². The van der Waals surface area contributed by atoms with Crippen molar-refractivity contribution in [3.05, 3.63) is 70.8 Å². The van der Waals surface area contributed by atoms with E-state index in [-0.39, 0.29) is 18.2 Å². The lowest BCUT2D eigenvalue weighted by molar-refractivity contribution is -0.149. The van der Waals surface area contributed by atoms with Gasteiger partial charge in [-0.05, 0) is 92.3 Å². The number of amides is 3. The zero-order chi connectivity index (χ0) is 30.5. The summed E-state index contributed by atoms with van der Waals surface area (Å²) in [4.78, 5) is 43.4. The molecule has 2 aromatic rings. The number of nitrogens with one attached hydrogen (secondary N) is 2. The van der Waals surface area contributed by atoms with Crippen LogP contribution < -0.4 is 10.6 Å². The van der Waals surface area contributed by atoms with Crippen LogP contribution in [0.4, 0.5) is 4.79 Å². The second-order valence-corrected chi connectivity index (χ2v) is 13.3. The van der Waals surface area contributed by atoms with Crippen LogP contribution >= 0.6 is 0 Å². The van der Waals surface area contributed by atoms with E-state index in [1.165, 1.54) is 0 Å². The largest absolute Gasteiger partial charge is 0.444 e. The zero-order valence-electron chi connectivity index (χ0n) is 26.3. The van der Waals surface area contributed by atoms with Gasteiger partial charge in [0.25, 0.3) is 0 Å². The van der Waals surface area contributed by atoms with Gasteiger partial charge in [0.15, 0.2) is 0 Å². The number of benzene rings is 2. The molecule has 0 saturated heterocycles. The molecule has 0 heterocycles. The number of hydrogen-bond acceptors (Lipinski definition) is 4. The van der Waals surface area contributed by atoms with Crippen molar-refractivity contribution in [2.24, 2.45) is 0 Å². The van der Waals surface area contributed by atoms with E-state index in [0.717, 1.165) is 22.3 Å². The molecule has 220 valence electrons. The van der Waals surface area contributed by atoms with Crippen LogP contribution in [0.3, 0.4) is 0 Å². The number of carbonyl (C=O) groups excluding carboxylic acids is 3. The van der Waals surface area contributed by atoms with E-state index in [0.29, 0.717) is 6.42 Å². The summed E-state index contributed by atoms with van der Waals surface area (Å²) in [7, 11) is 0. The van der Waals surface area contributed by atoms with Crippen LogP contribution in [0.25, 0.3) is 0 Å². The highest BCUT2D eigenvalue weighted by Crippen LogP contribution is 2.34. The molecule has 0 aliphatic carbocycles. The molecule has 0 aromatic heterocycles. The molecule has 0 aliphatic heterocycles. The number of carbonyl (C=O) groups is 3. The second-order valence-electron chi connectivity index (χ2n) is 13.3. The maximum Gasteiger partial charge on any atom is 0.408 e. The van der Waals surface area contributed by atoms with Gasteiger partial charge in [0.2, 0.25) is 11.8 Å². The first-order valence-corrected chi connectivity index (χ1v) is 14.1. The minimum Gasteiger partial charge on any atom is -0.444 e. The fourth-order valence-electron chi connectivity index (χ4n) is 4.58. The first kappa shape index (κ1) is 32.9. The van der Waals surface area contributed by atoms with Crippen molar-refractivity contribution < 1.29 is 19.1 Å². The first-order chi connectivity index (χ1) is 18.3. The Morgan fingerprint density at radius 3 is 2.00 bits per heavy atom. The molecule has 2 aromatic carbocycles. The maximum absolute atomic E-state index is 14.7. The van der Waals surface area contributed by atoms with Gasteiger partial charge < -0.3 is 20.3 Å². The molecular formula is C33H49N3O4. The summed E-state index contributed by atoms with van der Waals surface area (Å²) in [5, 5.41) is 5.94. The zero-order valence-corrected chi connectivity index (χ0v) is 26.3. The lowest BCUT2D eigenvalue weighted by atomic mass is 9.89. The van der Waals surface area contributed by atoms with Crippen molar-refractivity contribution >= 4 is 17.9 Å². The molecule has 0 aliphatic rings. The Labute approximate surface area is 241 Å². The number of ether oxygens (including phenoxy) is 1. The summed E-state index contributed by atoms with van der Waals surface area (Å²) < 4.78 is 5.54. The van der Waals surface area contributed by atoms with Gasteiger partial charge in [-0.25, -0.2) is 4.79 Å². The topological polar surface area (TPSA) is 87.7 Å². The van der Waals surface area contributed by atoms with Gasteiger partial charge >= 0.3 is 6.09 Å². The van der Waals surface area contributed by atoms with Gasteiger partial charge in [0, 0.05) is 17.5 Å². The maximum atomic E-state index is 14.7. The minimum atomic E-state index is -0.959. The third kappa shape index (κ3) is 9.39. The molecule has 0 radical (unpaired) electrons. The molecule has 2 rings (SSSR count). The summed E-state index contributed by atoms with van der Waals surface area (Å²) in [5.41, 5.74) is 1.64. The Hall–Kier alpha value is -3.35. The van der Waals surface area contributed by atoms with Crippen molar-refractivity contribution in [2.75, 3.05) is 0 Å². The number of nitrogens with zero attached hydrogens (tertiary/aromatic N) is 1. The number of hydrogen-bond donors (Lipinski definition) is 2. The SMILES string of the molecule is CCC(C)(C)N(C(=O)C(Cc1ccccc1)NC(=O)OC(C)(C)C)C(C(=O)NC(C)(C)C)c1ccc(C)cc1C. The molecule has 40 heavy (non-hydrogen) atoms. The molecule has 7 heteroatoms. The molecule has 2 unspecified atom stereocenters. The fraction of sp³-hybridized carbons (Fsp3) is 0.545. The standard InChI is InChI=1S/C33H49N3O4/c1-12-33(10,11)36(27(28(37)35-31(4,5)6)25-19-18-22(2)20-23(25)3)29(38)26(21-24-16-14-13-15-17-24)34-30(39)40-32(7,8)9/h13-20,26-27H,12,21H2,1-11H3,(H,34,39)(H,35,37). The Kier molecular flexibility index (Phi) is 10.6. The van der Waals surface area contributed by atoms with E-state index in [1.54, 1.807) is 25.7 Å². The average molecular weight is 552 g/mol. The molecule has 0 spiro atoms. The number of rotatable bonds is 9. The van der Waals surface area contributed by atoms with Gasteiger partial charge in [-0.2, -0.15) is 0 Å². The van der Waals surface area contributed by atoms with Crippen LogP contribution in [-0.2, 0) is 20.7 Å². The fourth-order valence-corrected chi connectivity index (χ4v) is 4.58. The normalized spacial score (nSPS) is 13.7. The van der Waals surface area contributed by atoms with Gasteiger partial charge in [-0.15, -0.1) is 0 Å². The van der Waals surface area contributed by atoms with Crippen molar-refractivity contribution in [3.63, 3.8) is 0 Å². The molecule has 0 bridgehead atoms. The summed E-state index contributed by atoms with van der Waals surface area (Å²) in [6, 6.07) is 13.6. The highest BCUT2D eigenvalue weighted by atomic mass is 16.6. The molecular weight excluding hydrogens is 502 g/mol. The molecule has 7 nitrogen and oxygen atoms in total. The summed E-state index contributed by atoms with van der Waals surface area (Å²) in [6.45, 7) is 21.0. The lowest BCUT2D eigenvalue weighted by Gasteiger charge is -2.45. The van der Waals surface area contributed by atoms with Crippen LogP contribution in [0.2, 0.25) is 0 Å². The van der Waals surface area contributed by atoms with Gasteiger partial charge in [0.05, 0.1) is 0 Å². The first-order valence-electron chi connectivity index (χ1n) is 14.1. The molecule has 2 N–H and O–H groups in total. The van der Waals surface area contributed by atoms with E-state index in [2.05, 4.69) is 10.6 Å². The quantitative estimate of drug-likeness (QED) is 0.377. The van der Waals surface area contributed by atoms with Crippen molar-refractivity contribution in [1.82, 2.24) is 15.5 Å². The highest BCUT2D eigenvalue weighted by molar-refractivity contribution is 5.93. The predicted molar refractivity (Wildman–Crippen MR) is 161 cm³/mol. The predicted octanol–water partition coefficient (Wildman–Crippen LogP) is 6.41. The molecule has 0 saturated carbocycles. The van der Waals surface area contributed by atoms with Gasteiger partial charge in [0.1, 0.15) is 17.7 Å². The smallest absolute Gasteiger partial charge is 0.408 e. The highest BCUT2D eigenvalue weighted by Gasteiger charge is 2.44. The summed E-state index contributed by atoms with van der Waals surface area (Å²) in [5.74, 6) is -0.624. The van der Waals surface area contributed by atoms with E-state index in [4.69, 9.17) is 4.74 Å². The average Bonchev–Trinajstić information content (AvgIpc) is 2.80. The lowest BCUT2D eigenvalue weighted by Crippen LogP contribution is -2.60. The summed E-state index contributed by atoms with van der Waals surface area (Å²) in [6.07, 6.45) is 0.154. The summed E-state index contributed by atoms with van der Waals surface area (Å²) >= 11 is 0. The van der Waals surface area contributed by atoms with Crippen LogP contribution in [0, 0.1) is 13.8 Å². The van der Waals surface area contributed by atoms with Crippen molar-refractivity contribution in [3.8, 4) is 0 Å². The minimum absolute atomic E-state index is 0.246. The van der Waals surface area contributed by atoms with Crippen LogP contribution in [-0.4, -0.2) is 45.5 Å². The second kappa shape index (κ2) is 12.9. The van der Waals surface area contributed by atoms with E-state index in [1.807, 2.05) is 104 Å². The molecule has 3 amide bonds. The Balaban J connectivity index is 2.72. The Morgan fingerprint density at radius 2 is 1.50 bits per heavy atom. The monoisotopic (exact) mass is 551 g/mol. The van der Waals surface area contributed by atoms with Crippen molar-refractivity contribution in [1.29, 1.82) is 0 Å². The van der Waals surface area contributed by atoms with E-state index < -0.39 is 34.9 Å². The Morgan fingerprint density at radius 1 is 0.900 bits per heavy atom. The van der Waals surface area contributed by atoms with Crippen LogP contribution in [0.5, 0.6) is 0 Å². The van der Waals surface area contributed by atoms with E-state index >= 15 is 0 Å². The number of aryl methyl sites for hydroxylation is 2. The third-order valence-electron chi connectivity index (χ3n) is 6.75. The van der Waals surface area contributed by atoms with E-state index in [9.17, 15) is 14.4 Å². The van der Waals surface area contributed by atoms with Gasteiger partial charge in [-0.1, -0.05) is 61.0 Å². The number of alkyl carbamates (subject to hydrolysis) is 1. The van der Waals surface area contributed by atoms with Crippen LogP contribution in [0.15, 0.2) is 48.5 Å². The molecule has 2 atom stereocenters. The van der Waals surface area contributed by atoms with Crippen molar-refractivity contribution in [2.45, 2.75) is 118 Å². The molecule has 0 fully saturated rings. The van der Waals surface area contributed by atoms with Crippen LogP contribution in [0.1, 0.15) is 97.0 Å².